The lowest BCUT2D eigenvalue weighted by atomic mass is 9.77. The lowest BCUT2D eigenvalue weighted by Gasteiger charge is -2.32. The topological polar surface area (TPSA) is 37.5 Å². The van der Waals surface area contributed by atoms with Crippen molar-refractivity contribution in [1.29, 1.82) is 0 Å². The minimum atomic E-state index is -0.250. The first kappa shape index (κ1) is 16.4. The van der Waals surface area contributed by atoms with Gasteiger partial charge in [-0.15, -0.1) is 0 Å². The van der Waals surface area contributed by atoms with E-state index >= 15 is 0 Å². The second-order valence-corrected chi connectivity index (χ2v) is 7.42. The van der Waals surface area contributed by atoms with Crippen LogP contribution >= 0.6 is 0 Å². The number of H-pyrrole nitrogens is 1. The maximum Gasteiger partial charge on any atom is 0.494 e. The molecule has 3 heterocycles. The van der Waals surface area contributed by atoms with Crippen LogP contribution in [-0.4, -0.2) is 40.8 Å². The van der Waals surface area contributed by atoms with Gasteiger partial charge in [0.25, 0.3) is 0 Å². The van der Waals surface area contributed by atoms with Crippen molar-refractivity contribution in [3.63, 3.8) is 0 Å². The van der Waals surface area contributed by atoms with E-state index in [2.05, 4.69) is 55.9 Å². The van der Waals surface area contributed by atoms with Crippen LogP contribution in [0.3, 0.4) is 0 Å². The van der Waals surface area contributed by atoms with E-state index < -0.39 is 0 Å². The maximum atomic E-state index is 6.05. The van der Waals surface area contributed by atoms with Crippen LogP contribution in [0, 0.1) is 0 Å². The van der Waals surface area contributed by atoms with Gasteiger partial charge in [0, 0.05) is 25.0 Å². The monoisotopic (exact) mass is 314 g/mol. The number of nitrogens with one attached hydrogen (secondary N) is 1. The van der Waals surface area contributed by atoms with Gasteiger partial charge < -0.3 is 19.2 Å². The zero-order valence-corrected chi connectivity index (χ0v) is 14.6. The average Bonchev–Trinajstić information content (AvgIpc) is 3.11. The van der Waals surface area contributed by atoms with Crippen molar-refractivity contribution >= 4 is 7.12 Å². The van der Waals surface area contributed by atoms with Crippen LogP contribution in [0.15, 0.2) is 48.4 Å². The molecule has 4 nitrogen and oxygen atoms in total. The molecule has 2 aliphatic heterocycles. The summed E-state index contributed by atoms with van der Waals surface area (Å²) < 4.78 is 12.1. The molecule has 1 aromatic rings. The number of hydrogen-bond donors (Lipinski definition) is 1. The average molecular weight is 314 g/mol. The van der Waals surface area contributed by atoms with Crippen molar-refractivity contribution in [2.24, 2.45) is 0 Å². The largest absolute Gasteiger partial charge is 0.494 e. The van der Waals surface area contributed by atoms with Gasteiger partial charge in [0.2, 0.25) is 0 Å². The van der Waals surface area contributed by atoms with E-state index in [1.54, 1.807) is 0 Å². The Labute approximate surface area is 139 Å². The molecule has 3 aliphatic rings. The molecule has 1 N–H and O–H groups in total. The summed E-state index contributed by atoms with van der Waals surface area (Å²) in [5.41, 5.74) is 0.658. The van der Waals surface area contributed by atoms with Gasteiger partial charge in [-0.25, -0.2) is 0 Å². The molecule has 5 heteroatoms. The molecule has 124 valence electrons. The smallest absolute Gasteiger partial charge is 0.399 e. The number of hydrogen-bond acceptors (Lipinski definition) is 3. The van der Waals surface area contributed by atoms with Crippen molar-refractivity contribution < 1.29 is 9.31 Å². The number of aromatic amines is 1. The minimum Gasteiger partial charge on any atom is -0.399 e. The molecule has 0 aromatic carbocycles. The first-order chi connectivity index (χ1) is 10.9. The van der Waals surface area contributed by atoms with Crippen LogP contribution in [0.25, 0.3) is 0 Å². The predicted molar refractivity (Wildman–Crippen MR) is 93.8 cm³/mol. The van der Waals surface area contributed by atoms with Gasteiger partial charge in [-0.2, -0.15) is 0 Å². The van der Waals surface area contributed by atoms with Crippen LogP contribution in [-0.2, 0) is 9.31 Å². The van der Waals surface area contributed by atoms with Gasteiger partial charge in [0.05, 0.1) is 11.2 Å². The Morgan fingerprint density at radius 1 is 1.09 bits per heavy atom. The van der Waals surface area contributed by atoms with Gasteiger partial charge in [0.15, 0.2) is 0 Å². The summed E-state index contributed by atoms with van der Waals surface area (Å²) in [6.45, 7) is 9.36. The van der Waals surface area contributed by atoms with Crippen LogP contribution in [0.2, 0.25) is 0 Å². The van der Waals surface area contributed by atoms with E-state index in [0.29, 0.717) is 0 Å². The highest BCUT2D eigenvalue weighted by atomic mass is 16.7. The Morgan fingerprint density at radius 2 is 1.70 bits per heavy atom. The Morgan fingerprint density at radius 3 is 2.09 bits per heavy atom. The summed E-state index contributed by atoms with van der Waals surface area (Å²) in [7, 11) is -0.215. The number of nitrogens with zero attached hydrogens (tertiary/aromatic N) is 1. The zero-order valence-electron chi connectivity index (χ0n) is 14.6. The normalized spacial score (nSPS) is 25.0. The Kier molecular flexibility index (Phi) is 4.43. The number of allylic oxidation sites excluding steroid dienone is 2. The lowest BCUT2D eigenvalue weighted by Crippen LogP contribution is -2.41. The van der Waals surface area contributed by atoms with E-state index in [-0.39, 0.29) is 18.3 Å². The van der Waals surface area contributed by atoms with E-state index in [1.807, 2.05) is 24.5 Å². The molecule has 1 saturated carbocycles. The highest BCUT2D eigenvalue weighted by Crippen LogP contribution is 2.39. The molecule has 0 atom stereocenters. The molecule has 1 saturated heterocycles. The summed E-state index contributed by atoms with van der Waals surface area (Å²) >= 11 is 0. The molecule has 0 bridgehead atoms. The van der Waals surface area contributed by atoms with Gasteiger partial charge in [-0.3, -0.25) is 0 Å². The van der Waals surface area contributed by atoms with Crippen LogP contribution in [0.4, 0.5) is 0 Å². The van der Waals surface area contributed by atoms with Crippen molar-refractivity contribution in [3.8, 4) is 0 Å². The fourth-order valence-corrected chi connectivity index (χ4v) is 2.63. The molecule has 0 radical (unpaired) electrons. The van der Waals surface area contributed by atoms with Gasteiger partial charge in [0.1, 0.15) is 0 Å². The second kappa shape index (κ2) is 6.21. The van der Waals surface area contributed by atoms with E-state index in [9.17, 15) is 0 Å². The lowest BCUT2D eigenvalue weighted by molar-refractivity contribution is 0.00578. The highest BCUT2D eigenvalue weighted by molar-refractivity contribution is 6.55. The fourth-order valence-electron chi connectivity index (χ4n) is 2.63. The SMILES string of the molecule is CC1(C)OB(C2=CCN(C3CC3)C=C2)OC1(C)C.c1cc[nH]c1. The molecule has 0 amide bonds. The summed E-state index contributed by atoms with van der Waals surface area (Å²) in [6, 6.07) is 4.66. The van der Waals surface area contributed by atoms with E-state index in [4.69, 9.17) is 9.31 Å². The molecular weight excluding hydrogens is 287 g/mol. The zero-order chi connectivity index (χ0) is 16.5. The Balaban J connectivity index is 0.000000267. The molecule has 1 aliphatic carbocycles. The Bertz CT molecular complexity index is 541. The molecule has 2 fully saturated rings. The second-order valence-electron chi connectivity index (χ2n) is 7.42. The molecular formula is C18H27BN2O2. The number of rotatable bonds is 2. The van der Waals surface area contributed by atoms with E-state index in [1.165, 1.54) is 12.8 Å². The summed E-state index contributed by atoms with van der Waals surface area (Å²) in [5.74, 6) is 0. The molecule has 4 rings (SSSR count). The summed E-state index contributed by atoms with van der Waals surface area (Å²) in [5, 5.41) is 0. The van der Waals surface area contributed by atoms with E-state index in [0.717, 1.165) is 18.1 Å². The standard InChI is InChI=1S/C14H22BNO2.C4H5N/c1-13(2)14(3,4)18-15(17-13)11-7-9-16(10-8-11)12-5-6-12;1-2-4-5-3-1/h7-9,12H,5-6,10H2,1-4H3;1-5H. The Hall–Kier alpha value is -1.46. The molecule has 0 spiro atoms. The van der Waals surface area contributed by atoms with Gasteiger partial charge >= 0.3 is 7.12 Å². The quantitative estimate of drug-likeness (QED) is 0.848. The van der Waals surface area contributed by atoms with Gasteiger partial charge in [-0.05, 0) is 70.4 Å². The maximum absolute atomic E-state index is 6.05. The summed E-state index contributed by atoms with van der Waals surface area (Å²) in [4.78, 5) is 5.26. The van der Waals surface area contributed by atoms with Crippen molar-refractivity contribution in [3.05, 3.63) is 48.4 Å². The van der Waals surface area contributed by atoms with Crippen molar-refractivity contribution in [2.45, 2.75) is 57.8 Å². The third kappa shape index (κ3) is 3.73. The summed E-state index contributed by atoms with van der Waals surface area (Å²) in [6.07, 6.45) is 13.0. The minimum absolute atomic E-state index is 0.215. The van der Waals surface area contributed by atoms with Crippen LogP contribution in [0.5, 0.6) is 0 Å². The third-order valence-corrected chi connectivity index (χ3v) is 5.03. The first-order valence-electron chi connectivity index (χ1n) is 8.46. The molecule has 0 unspecified atom stereocenters. The molecule has 23 heavy (non-hydrogen) atoms. The van der Waals surface area contributed by atoms with Crippen LogP contribution in [0.1, 0.15) is 40.5 Å². The first-order valence-corrected chi connectivity index (χ1v) is 8.46. The van der Waals surface area contributed by atoms with Crippen LogP contribution < -0.4 is 0 Å². The van der Waals surface area contributed by atoms with Crippen molar-refractivity contribution in [2.75, 3.05) is 6.54 Å². The number of aromatic nitrogens is 1. The predicted octanol–water partition coefficient (Wildman–Crippen LogP) is 3.55. The molecule has 1 aromatic heterocycles. The fraction of sp³-hybridized carbons (Fsp3) is 0.556. The third-order valence-electron chi connectivity index (χ3n) is 5.03. The van der Waals surface area contributed by atoms with Gasteiger partial charge in [-0.1, -0.05) is 6.08 Å². The highest BCUT2D eigenvalue weighted by Gasteiger charge is 2.52. The van der Waals surface area contributed by atoms with Crippen molar-refractivity contribution in [1.82, 2.24) is 9.88 Å².